The maximum absolute atomic E-state index is 12.8. The van der Waals surface area contributed by atoms with Gasteiger partial charge in [0.05, 0.1) is 11.6 Å². The van der Waals surface area contributed by atoms with Gasteiger partial charge in [0.1, 0.15) is 0 Å². The minimum atomic E-state index is -4.72. The summed E-state index contributed by atoms with van der Waals surface area (Å²) in [6.45, 7) is 1.25. The molecule has 1 aliphatic heterocycles. The SMILES string of the molecule is O=C(Nc1cccc(-c2noc(C(F)(F)F)n2)c1)C1CCN(c2nc(-c3ccccc3)cs2)C1. The van der Waals surface area contributed by atoms with Crippen molar-refractivity contribution in [3.05, 3.63) is 65.9 Å². The molecule has 0 spiro atoms. The van der Waals surface area contributed by atoms with Crippen molar-refractivity contribution in [3.63, 3.8) is 0 Å². The van der Waals surface area contributed by atoms with Crippen LogP contribution in [0.2, 0.25) is 0 Å². The third kappa shape index (κ3) is 4.65. The Bertz CT molecular complexity index is 1310. The second-order valence-electron chi connectivity index (χ2n) is 7.80. The molecule has 2 aromatic carbocycles. The number of nitrogens with zero attached hydrogens (tertiary/aromatic N) is 4. The number of alkyl halides is 3. The van der Waals surface area contributed by atoms with Crippen LogP contribution in [-0.2, 0) is 11.0 Å². The summed E-state index contributed by atoms with van der Waals surface area (Å²) in [5.74, 6) is -2.02. The van der Waals surface area contributed by atoms with Crippen LogP contribution in [0.5, 0.6) is 0 Å². The lowest BCUT2D eigenvalue weighted by Crippen LogP contribution is -2.26. The highest BCUT2D eigenvalue weighted by Gasteiger charge is 2.38. The van der Waals surface area contributed by atoms with Gasteiger partial charge < -0.3 is 14.7 Å². The first-order chi connectivity index (χ1) is 16.4. The molecular weight excluding hydrogens is 467 g/mol. The van der Waals surface area contributed by atoms with E-state index in [0.717, 1.165) is 16.4 Å². The molecular formula is C23H18F3N5O2S. The second-order valence-corrected chi connectivity index (χ2v) is 8.64. The van der Waals surface area contributed by atoms with Crippen LogP contribution in [0.15, 0.2) is 64.5 Å². The maximum Gasteiger partial charge on any atom is 0.471 e. The van der Waals surface area contributed by atoms with E-state index in [1.807, 2.05) is 35.7 Å². The van der Waals surface area contributed by atoms with E-state index in [1.54, 1.807) is 29.5 Å². The Morgan fingerprint density at radius 1 is 1.09 bits per heavy atom. The van der Waals surface area contributed by atoms with Crippen LogP contribution in [0.4, 0.5) is 24.0 Å². The molecule has 0 saturated carbocycles. The summed E-state index contributed by atoms with van der Waals surface area (Å²) in [5, 5.41) is 9.10. The Labute approximate surface area is 196 Å². The van der Waals surface area contributed by atoms with Gasteiger partial charge in [0.25, 0.3) is 0 Å². The zero-order chi connectivity index (χ0) is 23.7. The zero-order valence-corrected chi connectivity index (χ0v) is 18.4. The largest absolute Gasteiger partial charge is 0.471 e. The highest BCUT2D eigenvalue weighted by molar-refractivity contribution is 7.14. The zero-order valence-electron chi connectivity index (χ0n) is 17.6. The van der Waals surface area contributed by atoms with Crippen LogP contribution < -0.4 is 10.2 Å². The van der Waals surface area contributed by atoms with Gasteiger partial charge in [-0.2, -0.15) is 18.2 Å². The van der Waals surface area contributed by atoms with Crippen molar-refractivity contribution in [2.75, 3.05) is 23.3 Å². The quantitative estimate of drug-likeness (QED) is 0.411. The number of carbonyl (C=O) groups is 1. The first kappa shape index (κ1) is 22.1. The number of aromatic nitrogens is 3. The van der Waals surface area contributed by atoms with Crippen LogP contribution >= 0.6 is 11.3 Å². The predicted octanol–water partition coefficient (Wildman–Crippen LogP) is 5.34. The van der Waals surface area contributed by atoms with Crippen LogP contribution in [0.25, 0.3) is 22.6 Å². The highest BCUT2D eigenvalue weighted by atomic mass is 32.1. The normalized spacial score (nSPS) is 16.1. The van der Waals surface area contributed by atoms with Gasteiger partial charge in [-0.25, -0.2) is 4.98 Å². The number of hydrogen-bond donors (Lipinski definition) is 1. The second kappa shape index (κ2) is 8.90. The van der Waals surface area contributed by atoms with Crippen molar-refractivity contribution < 1.29 is 22.5 Å². The number of halogens is 3. The van der Waals surface area contributed by atoms with E-state index in [0.29, 0.717) is 30.8 Å². The molecule has 1 N–H and O–H groups in total. The molecule has 1 unspecified atom stereocenters. The van der Waals surface area contributed by atoms with Crippen LogP contribution in [0, 0.1) is 5.92 Å². The number of amides is 1. The number of rotatable bonds is 5. The molecule has 3 heterocycles. The number of benzene rings is 2. The minimum Gasteiger partial charge on any atom is -0.347 e. The van der Waals surface area contributed by atoms with Crippen molar-refractivity contribution in [2.45, 2.75) is 12.6 Å². The van der Waals surface area contributed by atoms with Gasteiger partial charge >= 0.3 is 12.1 Å². The molecule has 0 radical (unpaired) electrons. The topological polar surface area (TPSA) is 84.2 Å². The lowest BCUT2D eigenvalue weighted by atomic mass is 10.1. The first-order valence-corrected chi connectivity index (χ1v) is 11.3. The fourth-order valence-electron chi connectivity index (χ4n) is 3.74. The van der Waals surface area contributed by atoms with Gasteiger partial charge in [-0.15, -0.1) is 11.3 Å². The van der Waals surface area contributed by atoms with Crippen molar-refractivity contribution in [1.29, 1.82) is 0 Å². The number of anilines is 2. The molecule has 1 aliphatic rings. The van der Waals surface area contributed by atoms with Crippen molar-refractivity contribution in [2.24, 2.45) is 5.92 Å². The van der Waals surface area contributed by atoms with E-state index in [4.69, 9.17) is 4.98 Å². The Morgan fingerprint density at radius 2 is 1.88 bits per heavy atom. The fourth-order valence-corrected chi connectivity index (χ4v) is 4.61. The third-order valence-corrected chi connectivity index (χ3v) is 6.35. The summed E-state index contributed by atoms with van der Waals surface area (Å²) in [7, 11) is 0. The molecule has 1 amide bonds. The van der Waals surface area contributed by atoms with Gasteiger partial charge in [-0.1, -0.05) is 47.6 Å². The van der Waals surface area contributed by atoms with E-state index in [-0.39, 0.29) is 17.6 Å². The highest BCUT2D eigenvalue weighted by Crippen LogP contribution is 2.32. The van der Waals surface area contributed by atoms with Crippen molar-refractivity contribution in [3.8, 4) is 22.6 Å². The fraction of sp³-hybridized carbons (Fsp3) is 0.217. The van der Waals surface area contributed by atoms with Gasteiger partial charge in [0.15, 0.2) is 5.13 Å². The molecule has 0 aliphatic carbocycles. The molecule has 4 aromatic rings. The molecule has 0 bridgehead atoms. The molecule has 7 nitrogen and oxygen atoms in total. The molecule has 1 saturated heterocycles. The Hall–Kier alpha value is -3.73. The van der Waals surface area contributed by atoms with Gasteiger partial charge in [0, 0.05) is 35.3 Å². The first-order valence-electron chi connectivity index (χ1n) is 10.4. The Balaban J connectivity index is 1.23. The smallest absolute Gasteiger partial charge is 0.347 e. The molecule has 34 heavy (non-hydrogen) atoms. The van der Waals surface area contributed by atoms with Gasteiger partial charge in [-0.05, 0) is 18.6 Å². The summed E-state index contributed by atoms with van der Waals surface area (Å²) < 4.78 is 42.5. The summed E-state index contributed by atoms with van der Waals surface area (Å²) >= 11 is 1.54. The molecule has 5 rings (SSSR count). The third-order valence-electron chi connectivity index (χ3n) is 5.45. The lowest BCUT2D eigenvalue weighted by molar-refractivity contribution is -0.159. The molecule has 2 aromatic heterocycles. The van der Waals surface area contributed by atoms with E-state index in [9.17, 15) is 18.0 Å². The summed E-state index contributed by atoms with van der Waals surface area (Å²) in [4.78, 5) is 23.0. The summed E-state index contributed by atoms with van der Waals surface area (Å²) in [5.41, 5.74) is 2.70. The number of carbonyl (C=O) groups excluding carboxylic acids is 1. The molecule has 11 heteroatoms. The number of thiazole rings is 1. The van der Waals surface area contributed by atoms with E-state index < -0.39 is 12.1 Å². The maximum atomic E-state index is 12.8. The monoisotopic (exact) mass is 485 g/mol. The molecule has 1 fully saturated rings. The average molecular weight is 485 g/mol. The van der Waals surface area contributed by atoms with Gasteiger partial charge in [-0.3, -0.25) is 4.79 Å². The standard InChI is InChI=1S/C23H18F3N5O2S/c24-23(25,26)21-29-19(30-33-21)15-7-4-8-17(11-15)27-20(32)16-9-10-31(12-16)22-28-18(13-34-22)14-5-2-1-3-6-14/h1-8,11,13,16H,9-10,12H2,(H,27,32). The summed E-state index contributed by atoms with van der Waals surface area (Å²) in [6, 6.07) is 16.2. The van der Waals surface area contributed by atoms with E-state index >= 15 is 0 Å². The van der Waals surface area contributed by atoms with Crippen molar-refractivity contribution in [1.82, 2.24) is 15.1 Å². The van der Waals surface area contributed by atoms with Crippen molar-refractivity contribution >= 4 is 28.1 Å². The Morgan fingerprint density at radius 3 is 2.65 bits per heavy atom. The molecule has 174 valence electrons. The van der Waals surface area contributed by atoms with Crippen LogP contribution in [-0.4, -0.2) is 34.1 Å². The van der Waals surface area contributed by atoms with E-state index in [1.165, 1.54) is 6.07 Å². The Kier molecular flexibility index (Phi) is 5.78. The lowest BCUT2D eigenvalue weighted by Gasteiger charge is -2.15. The van der Waals surface area contributed by atoms with Crippen LogP contribution in [0.1, 0.15) is 12.3 Å². The predicted molar refractivity (Wildman–Crippen MR) is 121 cm³/mol. The summed E-state index contributed by atoms with van der Waals surface area (Å²) in [6.07, 6.45) is -4.05. The molecule has 1 atom stereocenters. The van der Waals surface area contributed by atoms with Crippen LogP contribution in [0.3, 0.4) is 0 Å². The minimum absolute atomic E-state index is 0.163. The number of hydrogen-bond acceptors (Lipinski definition) is 7. The van der Waals surface area contributed by atoms with E-state index in [2.05, 4.69) is 24.9 Å². The number of nitrogens with one attached hydrogen (secondary N) is 1. The average Bonchev–Trinajstić information content (AvgIpc) is 3.60. The van der Waals surface area contributed by atoms with Gasteiger partial charge in [0.2, 0.25) is 11.7 Å².